The highest BCUT2D eigenvalue weighted by atomic mass is 16.5. The smallest absolute Gasteiger partial charge is 0.305 e. The van der Waals surface area contributed by atoms with Crippen molar-refractivity contribution >= 4 is 17.0 Å². The van der Waals surface area contributed by atoms with Crippen molar-refractivity contribution in [2.75, 3.05) is 7.11 Å². The molecule has 0 spiro atoms. The largest absolute Gasteiger partial charge is 0.481 e. The summed E-state index contributed by atoms with van der Waals surface area (Å²) in [5.41, 5.74) is 1.81. The summed E-state index contributed by atoms with van der Waals surface area (Å²) >= 11 is 0. The summed E-state index contributed by atoms with van der Waals surface area (Å²) < 4.78 is 6.97. The molecule has 0 saturated carbocycles. The number of imidazole rings is 1. The number of carboxylic acids is 1. The minimum Gasteiger partial charge on any atom is -0.481 e. The first-order chi connectivity index (χ1) is 8.22. The molecule has 1 N–H and O–H groups in total. The molecule has 2 rings (SSSR count). The van der Waals surface area contributed by atoms with Crippen LogP contribution in [0.2, 0.25) is 0 Å². The van der Waals surface area contributed by atoms with Crippen molar-refractivity contribution in [1.82, 2.24) is 9.55 Å². The van der Waals surface area contributed by atoms with Crippen LogP contribution in [0, 0.1) is 0 Å². The molecule has 5 heteroatoms. The van der Waals surface area contributed by atoms with Crippen molar-refractivity contribution in [3.05, 3.63) is 30.1 Å². The average molecular weight is 234 g/mol. The third kappa shape index (κ3) is 2.45. The van der Waals surface area contributed by atoms with E-state index in [2.05, 4.69) is 4.98 Å². The van der Waals surface area contributed by atoms with Crippen LogP contribution in [-0.2, 0) is 22.7 Å². The molecule has 90 valence electrons. The first kappa shape index (κ1) is 11.6. The lowest BCUT2D eigenvalue weighted by Crippen LogP contribution is -2.08. The van der Waals surface area contributed by atoms with Crippen LogP contribution in [0.4, 0.5) is 0 Å². The van der Waals surface area contributed by atoms with Crippen molar-refractivity contribution < 1.29 is 14.6 Å². The van der Waals surface area contributed by atoms with Crippen molar-refractivity contribution in [1.29, 1.82) is 0 Å². The highest BCUT2D eigenvalue weighted by molar-refractivity contribution is 5.76. The first-order valence-electron chi connectivity index (χ1n) is 5.37. The highest BCUT2D eigenvalue weighted by Gasteiger charge is 2.10. The van der Waals surface area contributed by atoms with Crippen LogP contribution >= 0.6 is 0 Å². The molecule has 17 heavy (non-hydrogen) atoms. The molecule has 0 aliphatic heterocycles. The van der Waals surface area contributed by atoms with Crippen LogP contribution in [0.15, 0.2) is 24.3 Å². The maximum Gasteiger partial charge on any atom is 0.305 e. The van der Waals surface area contributed by atoms with Gasteiger partial charge in [0.05, 0.1) is 17.5 Å². The van der Waals surface area contributed by atoms with E-state index in [4.69, 9.17) is 9.84 Å². The molecule has 0 aliphatic rings. The molecule has 0 aliphatic carbocycles. The zero-order valence-corrected chi connectivity index (χ0v) is 9.59. The topological polar surface area (TPSA) is 64.4 Å². The lowest BCUT2D eigenvalue weighted by molar-refractivity contribution is -0.137. The Morgan fingerprint density at radius 2 is 2.24 bits per heavy atom. The van der Waals surface area contributed by atoms with Gasteiger partial charge in [0.2, 0.25) is 0 Å². The molecule has 0 saturated heterocycles. The number of carbonyl (C=O) groups is 1. The fraction of sp³-hybridized carbons (Fsp3) is 0.333. The van der Waals surface area contributed by atoms with Gasteiger partial charge in [0, 0.05) is 13.7 Å². The summed E-state index contributed by atoms with van der Waals surface area (Å²) in [7, 11) is 1.60. The van der Waals surface area contributed by atoms with Crippen LogP contribution in [0.5, 0.6) is 0 Å². The molecule has 0 atom stereocenters. The quantitative estimate of drug-likeness (QED) is 0.854. The summed E-state index contributed by atoms with van der Waals surface area (Å²) in [6, 6.07) is 7.67. The normalized spacial score (nSPS) is 10.9. The van der Waals surface area contributed by atoms with E-state index in [9.17, 15) is 4.79 Å². The van der Waals surface area contributed by atoms with Crippen LogP contribution in [0.3, 0.4) is 0 Å². The second kappa shape index (κ2) is 4.97. The van der Waals surface area contributed by atoms with Gasteiger partial charge in [0.15, 0.2) is 0 Å². The monoisotopic (exact) mass is 234 g/mol. The van der Waals surface area contributed by atoms with Gasteiger partial charge in [-0.15, -0.1) is 0 Å². The Kier molecular flexibility index (Phi) is 3.39. The number of hydrogen-bond acceptors (Lipinski definition) is 3. The van der Waals surface area contributed by atoms with Gasteiger partial charge in [-0.25, -0.2) is 4.98 Å². The minimum absolute atomic E-state index is 0.0804. The summed E-state index contributed by atoms with van der Waals surface area (Å²) in [5, 5.41) is 8.74. The van der Waals surface area contributed by atoms with Gasteiger partial charge in [-0.3, -0.25) is 4.79 Å². The molecular weight excluding hydrogens is 220 g/mol. The molecule has 0 radical (unpaired) electrons. The Hall–Kier alpha value is -1.88. The van der Waals surface area contributed by atoms with Gasteiger partial charge in [0.25, 0.3) is 0 Å². The number of benzene rings is 1. The van der Waals surface area contributed by atoms with E-state index in [0.717, 1.165) is 16.9 Å². The van der Waals surface area contributed by atoms with Crippen LogP contribution in [0.25, 0.3) is 11.0 Å². The highest BCUT2D eigenvalue weighted by Crippen LogP contribution is 2.17. The molecule has 5 nitrogen and oxygen atoms in total. The molecule has 1 aromatic heterocycles. The van der Waals surface area contributed by atoms with E-state index < -0.39 is 5.97 Å². The molecule has 1 aromatic carbocycles. The Bertz CT molecular complexity index is 534. The average Bonchev–Trinajstić information content (AvgIpc) is 2.64. The maximum atomic E-state index is 10.6. The van der Waals surface area contributed by atoms with Crippen molar-refractivity contribution in [2.24, 2.45) is 0 Å². The summed E-state index contributed by atoms with van der Waals surface area (Å²) in [6.45, 7) is 0.794. The maximum absolute atomic E-state index is 10.6. The van der Waals surface area contributed by atoms with Gasteiger partial charge in [-0.1, -0.05) is 12.1 Å². The number of fused-ring (bicyclic) bond motifs is 1. The van der Waals surface area contributed by atoms with E-state index in [1.165, 1.54) is 0 Å². The van der Waals surface area contributed by atoms with E-state index in [0.29, 0.717) is 13.2 Å². The van der Waals surface area contributed by atoms with E-state index >= 15 is 0 Å². The Labute approximate surface area is 98.6 Å². The SMILES string of the molecule is COCc1nc2ccccc2n1CCC(=O)O. The Morgan fingerprint density at radius 1 is 1.47 bits per heavy atom. The number of aliphatic carboxylic acids is 1. The number of aryl methyl sites for hydroxylation is 1. The van der Waals surface area contributed by atoms with Gasteiger partial charge >= 0.3 is 5.97 Å². The van der Waals surface area contributed by atoms with Crippen molar-refractivity contribution in [3.63, 3.8) is 0 Å². The van der Waals surface area contributed by atoms with Crippen LogP contribution in [0.1, 0.15) is 12.2 Å². The van der Waals surface area contributed by atoms with Gasteiger partial charge in [-0.2, -0.15) is 0 Å². The van der Waals surface area contributed by atoms with Crippen LogP contribution < -0.4 is 0 Å². The van der Waals surface area contributed by atoms with E-state index in [1.807, 2.05) is 28.8 Å². The number of methoxy groups -OCH3 is 1. The zero-order chi connectivity index (χ0) is 12.3. The second-order valence-corrected chi connectivity index (χ2v) is 3.75. The van der Waals surface area contributed by atoms with Gasteiger partial charge < -0.3 is 14.4 Å². The molecular formula is C12H14N2O3. The number of para-hydroxylation sites is 2. The third-order valence-corrected chi connectivity index (χ3v) is 2.56. The number of carboxylic acid groups (broad SMARTS) is 1. The van der Waals surface area contributed by atoms with Crippen molar-refractivity contribution in [2.45, 2.75) is 19.6 Å². The predicted octanol–water partition coefficient (Wildman–Crippen LogP) is 1.66. The molecule has 2 aromatic rings. The number of ether oxygens (including phenoxy) is 1. The predicted molar refractivity (Wildman–Crippen MR) is 62.7 cm³/mol. The fourth-order valence-corrected chi connectivity index (χ4v) is 1.82. The molecule has 0 unspecified atom stereocenters. The summed E-state index contributed by atoms with van der Waals surface area (Å²) in [6.07, 6.45) is 0.0804. The molecule has 0 amide bonds. The fourth-order valence-electron chi connectivity index (χ4n) is 1.82. The number of nitrogens with zero attached hydrogens (tertiary/aromatic N) is 2. The molecule has 1 heterocycles. The lowest BCUT2D eigenvalue weighted by atomic mass is 10.3. The first-order valence-corrected chi connectivity index (χ1v) is 5.37. The standard InChI is InChI=1S/C12H14N2O3/c1-17-8-11-13-9-4-2-3-5-10(9)14(11)7-6-12(15)16/h2-5H,6-8H2,1H3,(H,15,16). The number of rotatable bonds is 5. The molecule has 0 fully saturated rings. The van der Waals surface area contributed by atoms with Crippen LogP contribution in [-0.4, -0.2) is 27.7 Å². The van der Waals surface area contributed by atoms with E-state index in [1.54, 1.807) is 7.11 Å². The van der Waals surface area contributed by atoms with Crippen molar-refractivity contribution in [3.8, 4) is 0 Å². The third-order valence-electron chi connectivity index (χ3n) is 2.56. The second-order valence-electron chi connectivity index (χ2n) is 3.75. The number of hydrogen-bond donors (Lipinski definition) is 1. The Morgan fingerprint density at radius 3 is 2.94 bits per heavy atom. The number of aromatic nitrogens is 2. The van der Waals surface area contributed by atoms with Gasteiger partial charge in [0.1, 0.15) is 12.4 Å². The minimum atomic E-state index is -0.814. The summed E-state index contributed by atoms with van der Waals surface area (Å²) in [4.78, 5) is 15.1. The summed E-state index contributed by atoms with van der Waals surface area (Å²) in [5.74, 6) is -0.0545. The van der Waals surface area contributed by atoms with E-state index in [-0.39, 0.29) is 6.42 Å². The molecule has 0 bridgehead atoms. The Balaban J connectivity index is 2.40. The lowest BCUT2D eigenvalue weighted by Gasteiger charge is -2.06. The van der Waals surface area contributed by atoms with Gasteiger partial charge in [-0.05, 0) is 12.1 Å². The zero-order valence-electron chi connectivity index (χ0n) is 9.59.